The van der Waals surface area contributed by atoms with Crippen molar-refractivity contribution in [1.29, 1.82) is 0 Å². The summed E-state index contributed by atoms with van der Waals surface area (Å²) in [4.78, 5) is 22.4. The Morgan fingerprint density at radius 2 is 1.74 bits per heavy atom. The van der Waals surface area contributed by atoms with Gasteiger partial charge in [-0.2, -0.15) is 0 Å². The number of nitrogens with zero attached hydrogens (tertiary/aromatic N) is 1. The zero-order valence-corrected chi connectivity index (χ0v) is 17.6. The summed E-state index contributed by atoms with van der Waals surface area (Å²) in [7, 11) is -2.78. The van der Waals surface area contributed by atoms with Gasteiger partial charge in [-0.3, -0.25) is 19.6 Å². The number of nitro groups is 1. The lowest BCUT2D eigenvalue weighted by atomic mass is 10.2. The second-order valence-corrected chi connectivity index (χ2v) is 8.27. The van der Waals surface area contributed by atoms with Gasteiger partial charge in [-0.1, -0.05) is 23.7 Å². The van der Waals surface area contributed by atoms with Gasteiger partial charge < -0.3 is 10.1 Å². The number of carbonyl (C=O) groups is 1. The van der Waals surface area contributed by atoms with E-state index in [1.54, 1.807) is 12.1 Å². The van der Waals surface area contributed by atoms with Crippen molar-refractivity contribution in [3.63, 3.8) is 0 Å². The number of rotatable bonds is 7. The van der Waals surface area contributed by atoms with Crippen LogP contribution in [-0.4, -0.2) is 26.4 Å². The summed E-state index contributed by atoms with van der Waals surface area (Å²) in [6.45, 7) is 0. The molecule has 160 valence electrons. The number of hydrogen-bond acceptors (Lipinski definition) is 6. The summed E-state index contributed by atoms with van der Waals surface area (Å²) in [5.41, 5.74) is 0.385. The van der Waals surface area contributed by atoms with E-state index < -0.39 is 20.9 Å². The first-order chi connectivity index (χ1) is 14.7. The van der Waals surface area contributed by atoms with Gasteiger partial charge >= 0.3 is 0 Å². The van der Waals surface area contributed by atoms with E-state index in [2.05, 4.69) is 10.0 Å². The lowest BCUT2D eigenvalue weighted by Gasteiger charge is -2.14. The smallest absolute Gasteiger partial charge is 0.269 e. The highest BCUT2D eigenvalue weighted by Gasteiger charge is 2.22. The quantitative estimate of drug-likeness (QED) is 0.398. The SMILES string of the molecule is COc1ccc(NC(=O)c2ccc([N+](=O)[O-])cc2)cc1S(=O)(=O)Nc1ccccc1Cl. The van der Waals surface area contributed by atoms with Crippen LogP contribution in [0.3, 0.4) is 0 Å². The van der Waals surface area contributed by atoms with Gasteiger partial charge in [0.15, 0.2) is 0 Å². The fourth-order valence-corrected chi connectivity index (χ4v) is 4.16. The average molecular weight is 462 g/mol. The van der Waals surface area contributed by atoms with Gasteiger partial charge in [0.2, 0.25) is 0 Å². The molecule has 0 bridgehead atoms. The largest absolute Gasteiger partial charge is 0.495 e. The maximum Gasteiger partial charge on any atom is 0.269 e. The fourth-order valence-electron chi connectivity index (χ4n) is 2.65. The summed E-state index contributed by atoms with van der Waals surface area (Å²) in [5.74, 6) is -0.504. The average Bonchev–Trinajstić information content (AvgIpc) is 2.75. The zero-order chi connectivity index (χ0) is 22.6. The van der Waals surface area contributed by atoms with Crippen LogP contribution < -0.4 is 14.8 Å². The molecule has 2 N–H and O–H groups in total. The van der Waals surface area contributed by atoms with E-state index >= 15 is 0 Å². The number of sulfonamides is 1. The van der Waals surface area contributed by atoms with E-state index in [1.807, 2.05) is 0 Å². The molecule has 3 aromatic rings. The van der Waals surface area contributed by atoms with Crippen LogP contribution >= 0.6 is 11.6 Å². The lowest BCUT2D eigenvalue weighted by molar-refractivity contribution is -0.384. The van der Waals surface area contributed by atoms with Gasteiger partial charge in [-0.25, -0.2) is 8.42 Å². The normalized spacial score (nSPS) is 10.9. The molecule has 31 heavy (non-hydrogen) atoms. The van der Waals surface area contributed by atoms with Crippen molar-refractivity contribution < 1.29 is 22.9 Å². The Kier molecular flexibility index (Phi) is 6.42. The first kappa shape index (κ1) is 22.1. The highest BCUT2D eigenvalue weighted by molar-refractivity contribution is 7.92. The van der Waals surface area contributed by atoms with Crippen LogP contribution in [0.15, 0.2) is 71.6 Å². The molecule has 0 unspecified atom stereocenters. The summed E-state index contributed by atoms with van der Waals surface area (Å²) in [5, 5.41) is 13.5. The van der Waals surface area contributed by atoms with Crippen LogP contribution in [-0.2, 0) is 10.0 Å². The monoisotopic (exact) mass is 461 g/mol. The van der Waals surface area contributed by atoms with Crippen molar-refractivity contribution in [2.24, 2.45) is 0 Å². The number of hydrogen-bond donors (Lipinski definition) is 2. The third kappa shape index (κ3) is 5.11. The van der Waals surface area contributed by atoms with Crippen molar-refractivity contribution in [2.75, 3.05) is 17.1 Å². The lowest BCUT2D eigenvalue weighted by Crippen LogP contribution is -2.16. The third-order valence-corrected chi connectivity index (χ3v) is 5.89. The minimum absolute atomic E-state index is 0.0629. The Bertz CT molecular complexity index is 1250. The number of nitrogens with one attached hydrogen (secondary N) is 2. The van der Waals surface area contributed by atoms with Gasteiger partial charge in [0.25, 0.3) is 21.6 Å². The number of non-ortho nitro benzene ring substituents is 1. The number of para-hydroxylation sites is 1. The van der Waals surface area contributed by atoms with Gasteiger partial charge in [0.05, 0.1) is 22.7 Å². The molecule has 0 fully saturated rings. The Morgan fingerprint density at radius 1 is 1.06 bits per heavy atom. The van der Waals surface area contributed by atoms with Gasteiger partial charge in [-0.15, -0.1) is 0 Å². The molecule has 3 rings (SSSR count). The number of benzene rings is 3. The predicted octanol–water partition coefficient (Wildman–Crippen LogP) is 4.31. The molecule has 3 aromatic carbocycles. The van der Waals surface area contributed by atoms with Crippen LogP contribution in [0, 0.1) is 10.1 Å². The molecular formula is C20H16ClN3O6S. The van der Waals surface area contributed by atoms with Crippen LogP contribution in [0.25, 0.3) is 0 Å². The number of methoxy groups -OCH3 is 1. The fraction of sp³-hybridized carbons (Fsp3) is 0.0500. The van der Waals surface area contributed by atoms with Gasteiger partial charge in [0, 0.05) is 23.4 Å². The Morgan fingerprint density at radius 3 is 2.35 bits per heavy atom. The molecule has 0 spiro atoms. The van der Waals surface area contributed by atoms with Crippen molar-refractivity contribution in [1.82, 2.24) is 0 Å². The minimum atomic E-state index is -4.10. The molecule has 9 nitrogen and oxygen atoms in total. The van der Waals surface area contributed by atoms with Crippen molar-refractivity contribution in [3.8, 4) is 5.75 Å². The van der Waals surface area contributed by atoms with Crippen LogP contribution in [0.1, 0.15) is 10.4 Å². The topological polar surface area (TPSA) is 128 Å². The molecule has 0 aliphatic carbocycles. The van der Waals surface area contributed by atoms with E-state index in [9.17, 15) is 23.3 Å². The summed E-state index contributed by atoms with van der Waals surface area (Å²) in [6.07, 6.45) is 0. The Labute approximate surface area is 182 Å². The maximum atomic E-state index is 12.9. The molecule has 0 radical (unpaired) electrons. The number of halogens is 1. The summed E-state index contributed by atoms with van der Waals surface area (Å²) in [6, 6.07) is 15.4. The molecule has 11 heteroatoms. The van der Waals surface area contributed by atoms with Crippen LogP contribution in [0.5, 0.6) is 5.75 Å². The van der Waals surface area contributed by atoms with Crippen molar-refractivity contribution in [3.05, 3.63) is 87.4 Å². The number of nitro benzene ring substituents is 1. The standard InChI is InChI=1S/C20H16ClN3O6S/c1-30-18-11-8-14(22-20(25)13-6-9-15(10-7-13)24(26)27)12-19(18)31(28,29)23-17-5-3-2-4-16(17)21/h2-12,23H,1H3,(H,22,25). The van der Waals surface area contributed by atoms with E-state index in [4.69, 9.17) is 16.3 Å². The molecule has 0 aliphatic heterocycles. The number of anilines is 2. The molecular weight excluding hydrogens is 446 g/mol. The van der Waals surface area contributed by atoms with Gasteiger partial charge in [0.1, 0.15) is 10.6 Å². The van der Waals surface area contributed by atoms with Crippen LogP contribution in [0.4, 0.5) is 17.1 Å². The Balaban J connectivity index is 1.88. The number of amides is 1. The molecule has 0 atom stereocenters. The van der Waals surface area contributed by atoms with Crippen LogP contribution in [0.2, 0.25) is 5.02 Å². The molecule has 0 saturated carbocycles. The highest BCUT2D eigenvalue weighted by Crippen LogP contribution is 2.31. The molecule has 0 heterocycles. The Hall–Kier alpha value is -3.63. The first-order valence-corrected chi connectivity index (χ1v) is 10.6. The third-order valence-electron chi connectivity index (χ3n) is 4.17. The second-order valence-electron chi connectivity index (χ2n) is 6.21. The van der Waals surface area contributed by atoms with Gasteiger partial charge in [-0.05, 0) is 42.5 Å². The molecule has 0 saturated heterocycles. The molecule has 0 aromatic heterocycles. The highest BCUT2D eigenvalue weighted by atomic mass is 35.5. The van der Waals surface area contributed by atoms with E-state index in [0.29, 0.717) is 0 Å². The first-order valence-electron chi connectivity index (χ1n) is 8.72. The number of ether oxygens (including phenoxy) is 1. The zero-order valence-electron chi connectivity index (χ0n) is 16.0. The summed E-state index contributed by atoms with van der Waals surface area (Å²) >= 11 is 6.03. The predicted molar refractivity (Wildman–Crippen MR) is 116 cm³/mol. The van der Waals surface area contributed by atoms with Crippen molar-refractivity contribution in [2.45, 2.75) is 4.90 Å². The summed E-state index contributed by atoms with van der Waals surface area (Å²) < 4.78 is 33.4. The van der Waals surface area contributed by atoms with E-state index in [0.717, 1.165) is 0 Å². The second kappa shape index (κ2) is 9.02. The molecule has 1 amide bonds. The maximum absolute atomic E-state index is 12.9. The molecule has 0 aliphatic rings. The number of carbonyl (C=O) groups excluding carboxylic acids is 1. The van der Waals surface area contributed by atoms with E-state index in [-0.39, 0.29) is 38.3 Å². The minimum Gasteiger partial charge on any atom is -0.495 e. The van der Waals surface area contributed by atoms with E-state index in [1.165, 1.54) is 61.7 Å². The van der Waals surface area contributed by atoms with Crippen molar-refractivity contribution >= 4 is 44.6 Å².